The second-order valence-corrected chi connectivity index (χ2v) is 3.96. The van der Waals surface area contributed by atoms with Crippen LogP contribution in [-0.4, -0.2) is 30.2 Å². The average Bonchev–Trinajstić information content (AvgIpc) is 2.45. The molecule has 0 saturated heterocycles. The third-order valence-electron chi connectivity index (χ3n) is 1.51. The van der Waals surface area contributed by atoms with Crippen LogP contribution in [0.1, 0.15) is 14.6 Å². The molecule has 6 heteroatoms. The minimum Gasteiger partial charge on any atom is -0.477 e. The van der Waals surface area contributed by atoms with Crippen molar-refractivity contribution in [2.75, 3.05) is 6.18 Å². The summed E-state index contributed by atoms with van der Waals surface area (Å²) in [5.41, 5.74) is -0.289. The molecular weight excluding hydrogens is 194 g/mol. The molecule has 1 N–H and O–H groups in total. The molecule has 0 spiro atoms. The average molecular weight is 206 g/mol. The second kappa shape index (κ2) is 2.88. The van der Waals surface area contributed by atoms with Gasteiger partial charge in [0.25, 0.3) is 0 Å². The number of rotatable bonds is 2. The zero-order valence-electron chi connectivity index (χ0n) is 9.68. The first-order valence-electron chi connectivity index (χ1n) is 4.71. The highest BCUT2D eigenvalue weighted by Gasteiger charge is 2.15. The van der Waals surface area contributed by atoms with Gasteiger partial charge in [0.1, 0.15) is 5.69 Å². The van der Waals surface area contributed by atoms with E-state index in [4.69, 9.17) is 9.22 Å². The lowest BCUT2D eigenvalue weighted by molar-refractivity contribution is 0.0686. The molecule has 0 aliphatic heterocycles. The molecule has 13 heavy (non-hydrogen) atoms. The molecule has 1 heterocycles. The van der Waals surface area contributed by atoms with Crippen LogP contribution in [0.5, 0.6) is 0 Å². The molecule has 0 fully saturated rings. The molecule has 72 valence electrons. The molecule has 0 unspecified atom stereocenters. The molecule has 5 nitrogen and oxygen atoms in total. The van der Waals surface area contributed by atoms with Gasteiger partial charge in [-0.15, -0.1) is 0 Å². The topological polar surface area (TPSA) is 76.4 Å². The highest BCUT2D eigenvalue weighted by Crippen LogP contribution is 2.12. The van der Waals surface area contributed by atoms with Gasteiger partial charge in [0, 0.05) is 23.5 Å². The molecule has 0 aliphatic rings. The lowest BCUT2D eigenvalue weighted by atomic mass is 10.4. The van der Waals surface area contributed by atoms with Crippen LogP contribution >= 0.6 is 0 Å². The first-order chi connectivity index (χ1) is 7.07. The zero-order valence-corrected chi connectivity index (χ0v) is 7.50. The maximum Gasteiger partial charge on any atom is 0.352 e. The van der Waals surface area contributed by atoms with Gasteiger partial charge in [-0.2, -0.15) is 0 Å². The van der Waals surface area contributed by atoms with Gasteiger partial charge in [-0.3, -0.25) is 0 Å². The Hall–Kier alpha value is -1.30. The van der Waals surface area contributed by atoms with E-state index in [1.54, 1.807) is 0 Å². The molecule has 0 bridgehead atoms. The van der Waals surface area contributed by atoms with Gasteiger partial charge in [0.2, 0.25) is 0 Å². The monoisotopic (exact) mass is 206 g/mol. The maximum absolute atomic E-state index is 11.5. The van der Waals surface area contributed by atoms with Crippen molar-refractivity contribution in [1.29, 1.82) is 0 Å². The number of carboxylic acids is 1. The van der Waals surface area contributed by atoms with Gasteiger partial charge in [0.15, 0.2) is 9.84 Å². The van der Waals surface area contributed by atoms with Crippen LogP contribution in [0.2, 0.25) is 0 Å². The van der Waals surface area contributed by atoms with E-state index in [1.807, 2.05) is 0 Å². The molecule has 1 rings (SSSR count). The SMILES string of the molecule is [2H]C([2H])([2H])S(=O)(=O)c1cc(C(=O)O)n(C)c1. The van der Waals surface area contributed by atoms with Gasteiger partial charge in [-0.25, -0.2) is 13.2 Å². The predicted molar refractivity (Wildman–Crippen MR) is 45.5 cm³/mol. The summed E-state index contributed by atoms with van der Waals surface area (Å²) in [4.78, 5) is 10.1. The number of sulfone groups is 1. The minimum atomic E-state index is -4.50. The third kappa shape index (κ3) is 1.89. The van der Waals surface area contributed by atoms with Crippen molar-refractivity contribution >= 4 is 15.8 Å². The second-order valence-electron chi connectivity index (χ2n) is 2.48. The summed E-state index contributed by atoms with van der Waals surface area (Å²) in [5, 5.41) is 8.69. The number of aryl methyl sites for hydroxylation is 1. The van der Waals surface area contributed by atoms with Gasteiger partial charge < -0.3 is 9.67 Å². The van der Waals surface area contributed by atoms with Crippen LogP contribution in [-0.2, 0) is 16.9 Å². The van der Waals surface area contributed by atoms with E-state index in [9.17, 15) is 13.2 Å². The lowest BCUT2D eigenvalue weighted by Crippen LogP contribution is -2.02. The Labute approximate surface area is 79.7 Å². The van der Waals surface area contributed by atoms with Crippen LogP contribution < -0.4 is 0 Å². The molecule has 1 aromatic rings. The number of hydrogen-bond donors (Lipinski definition) is 1. The van der Waals surface area contributed by atoms with Crippen LogP contribution in [0, 0.1) is 0 Å². The number of hydrogen-bond acceptors (Lipinski definition) is 3. The summed E-state index contributed by atoms with van der Waals surface area (Å²) in [7, 11) is -3.17. The smallest absolute Gasteiger partial charge is 0.352 e. The van der Waals surface area contributed by atoms with Crippen LogP contribution in [0.4, 0.5) is 0 Å². The number of aromatic nitrogens is 1. The normalized spacial score (nSPS) is 15.9. The fourth-order valence-corrected chi connectivity index (χ4v) is 1.46. The number of nitrogens with zero attached hydrogens (tertiary/aromatic N) is 1. The Morgan fingerprint density at radius 1 is 1.69 bits per heavy atom. The van der Waals surface area contributed by atoms with Crippen molar-refractivity contribution in [3.05, 3.63) is 18.0 Å². The number of carbonyl (C=O) groups is 1. The van der Waals surface area contributed by atoms with Crippen LogP contribution in [0.15, 0.2) is 17.2 Å². The van der Waals surface area contributed by atoms with Crippen LogP contribution in [0.25, 0.3) is 0 Å². The predicted octanol–water partition coefficient (Wildman–Crippen LogP) is 0.127. The largest absolute Gasteiger partial charge is 0.477 e. The Kier molecular flexibility index (Phi) is 1.37. The van der Waals surface area contributed by atoms with E-state index in [2.05, 4.69) is 0 Å². The van der Waals surface area contributed by atoms with Crippen molar-refractivity contribution in [3.63, 3.8) is 0 Å². The van der Waals surface area contributed by atoms with Gasteiger partial charge in [-0.1, -0.05) is 0 Å². The maximum atomic E-state index is 11.5. The summed E-state index contributed by atoms with van der Waals surface area (Å²) >= 11 is 0. The van der Waals surface area contributed by atoms with E-state index < -0.39 is 26.9 Å². The fourth-order valence-electron chi connectivity index (χ4n) is 0.894. The number of aromatic carboxylic acids is 1. The molecule has 0 aliphatic carbocycles. The van der Waals surface area contributed by atoms with E-state index in [-0.39, 0.29) is 5.69 Å². The molecular formula is C7H9NO4S. The highest BCUT2D eigenvalue weighted by molar-refractivity contribution is 7.90. The minimum absolute atomic E-state index is 0.289. The van der Waals surface area contributed by atoms with Crippen molar-refractivity contribution < 1.29 is 22.4 Å². The summed E-state index contributed by atoms with van der Waals surface area (Å²) in [6.45, 7) is 0. The van der Waals surface area contributed by atoms with Crippen molar-refractivity contribution in [3.8, 4) is 0 Å². The highest BCUT2D eigenvalue weighted by atomic mass is 32.2. The quantitative estimate of drug-likeness (QED) is 0.746. The first kappa shape index (κ1) is 6.20. The lowest BCUT2D eigenvalue weighted by Gasteiger charge is -1.92. The van der Waals surface area contributed by atoms with Gasteiger partial charge in [0.05, 0.1) is 4.90 Å². The standard InChI is InChI=1S/C7H9NO4S/c1-8-4-5(13(2,11)12)3-6(8)7(9)10/h3-4H,1-2H3,(H,9,10)/i2D3. The summed E-state index contributed by atoms with van der Waals surface area (Å²) in [6, 6.07) is 0.823. The van der Waals surface area contributed by atoms with Gasteiger partial charge in [-0.05, 0) is 6.07 Å². The van der Waals surface area contributed by atoms with E-state index >= 15 is 0 Å². The first-order valence-corrected chi connectivity index (χ1v) is 4.70. The fraction of sp³-hybridized carbons (Fsp3) is 0.286. The van der Waals surface area contributed by atoms with Crippen LogP contribution in [0.3, 0.4) is 0 Å². The molecule has 0 saturated carbocycles. The van der Waals surface area contributed by atoms with Crippen molar-refractivity contribution in [2.24, 2.45) is 7.05 Å². The van der Waals surface area contributed by atoms with E-state index in [0.29, 0.717) is 0 Å². The Morgan fingerprint density at radius 3 is 2.69 bits per heavy atom. The summed E-state index contributed by atoms with van der Waals surface area (Å²) < 4.78 is 44.5. The Bertz CT molecular complexity index is 528. The van der Waals surface area contributed by atoms with E-state index in [0.717, 1.165) is 16.8 Å². The molecule has 0 aromatic carbocycles. The number of carboxylic acid groups (broad SMARTS) is 1. The third-order valence-corrected chi connectivity index (χ3v) is 2.35. The molecule has 1 aromatic heterocycles. The Balaban J connectivity index is 3.38. The molecule has 0 radical (unpaired) electrons. The van der Waals surface area contributed by atoms with Crippen molar-refractivity contribution in [2.45, 2.75) is 4.90 Å². The Morgan fingerprint density at radius 2 is 2.31 bits per heavy atom. The summed E-state index contributed by atoms with van der Waals surface area (Å²) in [6.07, 6.45) is -2.23. The van der Waals surface area contributed by atoms with E-state index in [1.165, 1.54) is 7.05 Å². The van der Waals surface area contributed by atoms with Crippen molar-refractivity contribution in [1.82, 2.24) is 4.57 Å². The van der Waals surface area contributed by atoms with Gasteiger partial charge >= 0.3 is 5.97 Å². The zero-order chi connectivity index (χ0) is 12.7. The molecule has 0 atom stereocenters. The summed E-state index contributed by atoms with van der Waals surface area (Å²) in [5.74, 6) is -1.32. The molecule has 0 amide bonds.